The highest BCUT2D eigenvalue weighted by Gasteiger charge is 2.19. The molecule has 2 N–H and O–H groups in total. The van der Waals surface area contributed by atoms with E-state index in [1.54, 1.807) is 0 Å². The second kappa shape index (κ2) is 5.92. The van der Waals surface area contributed by atoms with Crippen LogP contribution in [-0.2, 0) is 9.84 Å². The van der Waals surface area contributed by atoms with E-state index in [1.165, 1.54) is 0 Å². The lowest BCUT2D eigenvalue weighted by atomic mass is 10.1. The summed E-state index contributed by atoms with van der Waals surface area (Å²) in [6, 6.07) is 8.26. The largest absolute Gasteiger partial charge is 0.370 e. The summed E-state index contributed by atoms with van der Waals surface area (Å²) >= 11 is 0. The Kier molecular flexibility index (Phi) is 4.47. The topological polar surface area (TPSA) is 63.4 Å². The number of hydrogen-bond acceptors (Lipinski definition) is 4. The fourth-order valence-corrected chi connectivity index (χ4v) is 3.64. The second-order valence-electron chi connectivity index (χ2n) is 5.10. The zero-order chi connectivity index (χ0) is 13.9. The lowest BCUT2D eigenvalue weighted by Crippen LogP contribution is -2.26. The van der Waals surface area contributed by atoms with Crippen molar-refractivity contribution in [1.82, 2.24) is 0 Å². The maximum atomic E-state index is 11.6. The molecule has 1 heterocycles. The van der Waals surface area contributed by atoms with Crippen LogP contribution in [0.1, 0.15) is 31.4 Å². The summed E-state index contributed by atoms with van der Waals surface area (Å²) in [6.07, 6.45) is 1.62. The van der Waals surface area contributed by atoms with Gasteiger partial charge in [0.15, 0.2) is 9.84 Å². The van der Waals surface area contributed by atoms with Crippen LogP contribution in [0.2, 0.25) is 0 Å². The third-order valence-electron chi connectivity index (χ3n) is 3.68. The molecule has 106 valence electrons. The number of hydrogen-bond donors (Lipinski definition) is 1. The molecule has 2 rings (SSSR count). The van der Waals surface area contributed by atoms with E-state index >= 15 is 0 Å². The summed E-state index contributed by atoms with van der Waals surface area (Å²) in [5, 5.41) is 0. The zero-order valence-corrected chi connectivity index (χ0v) is 12.2. The third kappa shape index (κ3) is 3.70. The number of nitrogens with two attached hydrogens (primary N) is 1. The molecule has 1 aliphatic heterocycles. The van der Waals surface area contributed by atoms with Gasteiger partial charge in [0.2, 0.25) is 0 Å². The maximum Gasteiger partial charge on any atom is 0.152 e. The van der Waals surface area contributed by atoms with Crippen LogP contribution in [0.5, 0.6) is 0 Å². The Morgan fingerprint density at radius 3 is 2.53 bits per heavy atom. The Labute approximate surface area is 115 Å². The van der Waals surface area contributed by atoms with Crippen LogP contribution in [0.25, 0.3) is 0 Å². The van der Waals surface area contributed by atoms with E-state index < -0.39 is 9.84 Å². The van der Waals surface area contributed by atoms with Crippen LogP contribution < -0.4 is 10.6 Å². The Balaban J connectivity index is 2.10. The van der Waals surface area contributed by atoms with Crippen molar-refractivity contribution in [2.75, 3.05) is 29.5 Å². The van der Waals surface area contributed by atoms with Gasteiger partial charge >= 0.3 is 0 Å². The van der Waals surface area contributed by atoms with Gasteiger partial charge in [-0.05, 0) is 30.5 Å². The number of rotatable bonds is 3. The molecule has 0 radical (unpaired) electrons. The molecular formula is C14H22N2O2S. The number of nitrogens with zero attached hydrogens (tertiary/aromatic N) is 1. The van der Waals surface area contributed by atoms with Gasteiger partial charge in [0.1, 0.15) is 0 Å². The average molecular weight is 282 g/mol. The monoisotopic (exact) mass is 282 g/mol. The molecule has 19 heavy (non-hydrogen) atoms. The summed E-state index contributed by atoms with van der Waals surface area (Å²) in [5.74, 6) is 0.561. The second-order valence-corrected chi connectivity index (χ2v) is 7.40. The minimum Gasteiger partial charge on any atom is -0.370 e. The highest BCUT2D eigenvalue weighted by molar-refractivity contribution is 7.91. The minimum atomic E-state index is -2.85. The number of benzene rings is 1. The molecule has 0 amide bonds. The Morgan fingerprint density at radius 2 is 1.89 bits per heavy atom. The first kappa shape index (κ1) is 14.3. The first-order chi connectivity index (χ1) is 9.02. The molecule has 0 unspecified atom stereocenters. The lowest BCUT2D eigenvalue weighted by Gasteiger charge is -2.22. The van der Waals surface area contributed by atoms with Crippen molar-refractivity contribution in [3.8, 4) is 0 Å². The molecule has 5 heteroatoms. The highest BCUT2D eigenvalue weighted by Crippen LogP contribution is 2.21. The Bertz CT molecular complexity index is 511. The molecule has 0 aliphatic carbocycles. The SMILES string of the molecule is CC[C@@H](N)c1ccc(N2CCCS(=O)(=O)CC2)cc1. The highest BCUT2D eigenvalue weighted by atomic mass is 32.2. The Morgan fingerprint density at radius 1 is 1.21 bits per heavy atom. The average Bonchev–Trinajstić information content (AvgIpc) is 2.59. The van der Waals surface area contributed by atoms with Gasteiger partial charge in [0.25, 0.3) is 0 Å². The first-order valence-corrected chi connectivity index (χ1v) is 8.65. The molecule has 0 saturated carbocycles. The quantitative estimate of drug-likeness (QED) is 0.917. The van der Waals surface area contributed by atoms with Crippen molar-refractivity contribution in [2.45, 2.75) is 25.8 Å². The van der Waals surface area contributed by atoms with E-state index in [-0.39, 0.29) is 11.8 Å². The van der Waals surface area contributed by atoms with Crippen molar-refractivity contribution in [1.29, 1.82) is 0 Å². The van der Waals surface area contributed by atoms with Gasteiger partial charge in [-0.3, -0.25) is 0 Å². The van der Waals surface area contributed by atoms with Crippen LogP contribution in [-0.4, -0.2) is 33.0 Å². The van der Waals surface area contributed by atoms with Crippen LogP contribution in [0.15, 0.2) is 24.3 Å². The van der Waals surface area contributed by atoms with Crippen molar-refractivity contribution in [3.63, 3.8) is 0 Å². The first-order valence-electron chi connectivity index (χ1n) is 6.83. The van der Waals surface area contributed by atoms with Crippen LogP contribution in [0.3, 0.4) is 0 Å². The fourth-order valence-electron chi connectivity index (χ4n) is 2.36. The lowest BCUT2D eigenvalue weighted by molar-refractivity contribution is 0.597. The van der Waals surface area contributed by atoms with Gasteiger partial charge in [0.05, 0.1) is 11.5 Å². The molecule has 0 spiro atoms. The molecule has 1 saturated heterocycles. The molecule has 0 bridgehead atoms. The standard InChI is InChI=1S/C14H22N2O2S/c1-2-14(15)12-4-6-13(7-5-12)16-8-3-10-19(17,18)11-9-16/h4-7,14H,2-3,8-11,15H2,1H3/t14-/m1/s1. The Hall–Kier alpha value is -1.07. The van der Waals surface area contributed by atoms with E-state index in [9.17, 15) is 8.42 Å². The summed E-state index contributed by atoms with van der Waals surface area (Å²) in [4.78, 5) is 2.14. The van der Waals surface area contributed by atoms with E-state index in [1.807, 2.05) is 24.3 Å². The van der Waals surface area contributed by atoms with Gasteiger partial charge < -0.3 is 10.6 Å². The van der Waals surface area contributed by atoms with Crippen LogP contribution in [0, 0.1) is 0 Å². The van der Waals surface area contributed by atoms with Gasteiger partial charge in [0, 0.05) is 24.8 Å². The summed E-state index contributed by atoms with van der Waals surface area (Å²) in [6.45, 7) is 3.46. The summed E-state index contributed by atoms with van der Waals surface area (Å²) < 4.78 is 23.2. The van der Waals surface area contributed by atoms with E-state index in [2.05, 4.69) is 11.8 Å². The van der Waals surface area contributed by atoms with Crippen molar-refractivity contribution >= 4 is 15.5 Å². The molecule has 1 aliphatic rings. The molecule has 1 atom stereocenters. The van der Waals surface area contributed by atoms with Crippen molar-refractivity contribution in [2.24, 2.45) is 5.73 Å². The molecule has 1 fully saturated rings. The van der Waals surface area contributed by atoms with Gasteiger partial charge in [-0.1, -0.05) is 19.1 Å². The van der Waals surface area contributed by atoms with Gasteiger partial charge in [-0.2, -0.15) is 0 Å². The van der Waals surface area contributed by atoms with Gasteiger partial charge in [-0.15, -0.1) is 0 Å². The molecule has 0 aromatic heterocycles. The summed E-state index contributed by atoms with van der Waals surface area (Å²) in [5.41, 5.74) is 8.21. The number of sulfone groups is 1. The number of anilines is 1. The van der Waals surface area contributed by atoms with Crippen LogP contribution in [0.4, 0.5) is 5.69 Å². The fraction of sp³-hybridized carbons (Fsp3) is 0.571. The molecule has 4 nitrogen and oxygen atoms in total. The zero-order valence-electron chi connectivity index (χ0n) is 11.4. The van der Waals surface area contributed by atoms with E-state index in [4.69, 9.17) is 5.73 Å². The van der Waals surface area contributed by atoms with Crippen molar-refractivity contribution < 1.29 is 8.42 Å². The molecular weight excluding hydrogens is 260 g/mol. The predicted octanol–water partition coefficient (Wildman–Crippen LogP) is 1.72. The van der Waals surface area contributed by atoms with E-state index in [0.29, 0.717) is 18.7 Å². The normalized spacial score (nSPS) is 20.8. The van der Waals surface area contributed by atoms with Crippen molar-refractivity contribution in [3.05, 3.63) is 29.8 Å². The maximum absolute atomic E-state index is 11.6. The smallest absolute Gasteiger partial charge is 0.152 e. The third-order valence-corrected chi connectivity index (χ3v) is 5.40. The predicted molar refractivity (Wildman–Crippen MR) is 79.1 cm³/mol. The summed E-state index contributed by atoms with van der Waals surface area (Å²) in [7, 11) is -2.85. The minimum absolute atomic E-state index is 0.0820. The molecule has 1 aromatic rings. The van der Waals surface area contributed by atoms with Crippen LogP contribution >= 0.6 is 0 Å². The van der Waals surface area contributed by atoms with Gasteiger partial charge in [-0.25, -0.2) is 8.42 Å². The molecule has 1 aromatic carbocycles. The van der Waals surface area contributed by atoms with E-state index in [0.717, 1.165) is 24.2 Å².